The van der Waals surface area contributed by atoms with Crippen LogP contribution in [-0.4, -0.2) is 28.5 Å². The third kappa shape index (κ3) is 3.21. The van der Waals surface area contributed by atoms with Gasteiger partial charge in [0.15, 0.2) is 0 Å². The van der Waals surface area contributed by atoms with Crippen molar-refractivity contribution in [3.8, 4) is 0 Å². The summed E-state index contributed by atoms with van der Waals surface area (Å²) in [6.07, 6.45) is 4.51. The molecule has 0 aromatic carbocycles. The predicted octanol–water partition coefficient (Wildman–Crippen LogP) is 1.24. The number of carboxylic acids is 1. The Bertz CT molecular complexity index is 480. The summed E-state index contributed by atoms with van der Waals surface area (Å²) in [6, 6.07) is 3.27. The fourth-order valence-electron chi connectivity index (χ4n) is 2.34. The molecule has 19 heavy (non-hydrogen) atoms. The van der Waals surface area contributed by atoms with E-state index in [1.807, 2.05) is 0 Å². The molecule has 102 valence electrons. The predicted molar refractivity (Wildman–Crippen MR) is 69.8 cm³/mol. The van der Waals surface area contributed by atoms with Gasteiger partial charge in [-0.25, -0.2) is 4.98 Å². The number of carbonyl (C=O) groups excluding carboxylic acids is 1. The fraction of sp³-hybridized carbons (Fsp3) is 0.462. The third-order valence-corrected chi connectivity index (χ3v) is 3.63. The second-order valence-corrected chi connectivity index (χ2v) is 5.07. The molecule has 0 atom stereocenters. The molecule has 6 nitrogen and oxygen atoms in total. The number of pyridine rings is 1. The summed E-state index contributed by atoms with van der Waals surface area (Å²) >= 11 is 0. The standard InChI is InChI=1S/C13H17N3O3/c14-12(19)9-2-3-10(15-7-9)16-8-13(4-1-5-13)6-11(17)18/h2-3,7H,1,4-6,8H2,(H2,14,19)(H,15,16)(H,17,18). The average molecular weight is 263 g/mol. The first kappa shape index (κ1) is 13.3. The van der Waals surface area contributed by atoms with E-state index in [4.69, 9.17) is 10.8 Å². The van der Waals surface area contributed by atoms with Crippen molar-refractivity contribution in [3.63, 3.8) is 0 Å². The number of nitrogens with two attached hydrogens (primary N) is 1. The fourth-order valence-corrected chi connectivity index (χ4v) is 2.34. The van der Waals surface area contributed by atoms with E-state index in [0.29, 0.717) is 17.9 Å². The van der Waals surface area contributed by atoms with Crippen molar-refractivity contribution in [3.05, 3.63) is 23.9 Å². The highest BCUT2D eigenvalue weighted by atomic mass is 16.4. The van der Waals surface area contributed by atoms with Crippen LogP contribution in [0.25, 0.3) is 0 Å². The molecule has 1 aromatic rings. The first-order valence-corrected chi connectivity index (χ1v) is 6.22. The van der Waals surface area contributed by atoms with Crippen LogP contribution < -0.4 is 11.1 Å². The third-order valence-electron chi connectivity index (χ3n) is 3.63. The summed E-state index contributed by atoms with van der Waals surface area (Å²) in [5.41, 5.74) is 5.33. The zero-order chi connectivity index (χ0) is 13.9. The molecule has 1 amide bonds. The van der Waals surface area contributed by atoms with Crippen LogP contribution in [0.3, 0.4) is 0 Å². The monoisotopic (exact) mass is 263 g/mol. The number of anilines is 1. The molecule has 1 aromatic heterocycles. The summed E-state index contributed by atoms with van der Waals surface area (Å²) in [5, 5.41) is 12.0. The highest BCUT2D eigenvalue weighted by Gasteiger charge is 2.38. The Balaban J connectivity index is 1.94. The Kier molecular flexibility index (Phi) is 3.69. The Morgan fingerprint density at radius 2 is 2.16 bits per heavy atom. The van der Waals surface area contributed by atoms with Gasteiger partial charge in [0.1, 0.15) is 5.82 Å². The van der Waals surface area contributed by atoms with Crippen molar-refractivity contribution in [1.29, 1.82) is 0 Å². The maximum atomic E-state index is 10.9. The number of hydrogen-bond donors (Lipinski definition) is 3. The van der Waals surface area contributed by atoms with E-state index in [9.17, 15) is 9.59 Å². The first-order chi connectivity index (χ1) is 9.01. The lowest BCUT2D eigenvalue weighted by atomic mass is 9.66. The van der Waals surface area contributed by atoms with Crippen LogP contribution in [0.15, 0.2) is 18.3 Å². The van der Waals surface area contributed by atoms with Crippen LogP contribution in [0, 0.1) is 5.41 Å². The number of aromatic nitrogens is 1. The van der Waals surface area contributed by atoms with E-state index < -0.39 is 11.9 Å². The van der Waals surface area contributed by atoms with Crippen molar-refractivity contribution in [2.45, 2.75) is 25.7 Å². The van der Waals surface area contributed by atoms with Crippen LogP contribution in [0.2, 0.25) is 0 Å². The maximum Gasteiger partial charge on any atom is 0.303 e. The van der Waals surface area contributed by atoms with Gasteiger partial charge < -0.3 is 16.2 Å². The van der Waals surface area contributed by atoms with Crippen LogP contribution >= 0.6 is 0 Å². The molecule has 1 fully saturated rings. The van der Waals surface area contributed by atoms with E-state index in [0.717, 1.165) is 19.3 Å². The lowest BCUT2D eigenvalue weighted by molar-refractivity contribution is -0.141. The van der Waals surface area contributed by atoms with Crippen LogP contribution in [0.1, 0.15) is 36.0 Å². The van der Waals surface area contributed by atoms with Gasteiger partial charge in [-0.05, 0) is 30.4 Å². The first-order valence-electron chi connectivity index (χ1n) is 6.22. The van der Waals surface area contributed by atoms with Crippen LogP contribution in [0.4, 0.5) is 5.82 Å². The van der Waals surface area contributed by atoms with E-state index in [-0.39, 0.29) is 11.8 Å². The molecule has 6 heteroatoms. The average Bonchev–Trinajstić information content (AvgIpc) is 2.32. The molecular weight excluding hydrogens is 246 g/mol. The van der Waals surface area contributed by atoms with Gasteiger partial charge >= 0.3 is 5.97 Å². The van der Waals surface area contributed by atoms with Crippen LogP contribution in [-0.2, 0) is 4.79 Å². The van der Waals surface area contributed by atoms with Crippen molar-refractivity contribution in [2.24, 2.45) is 11.1 Å². The quantitative estimate of drug-likeness (QED) is 0.716. The topological polar surface area (TPSA) is 105 Å². The van der Waals surface area contributed by atoms with E-state index in [2.05, 4.69) is 10.3 Å². The van der Waals surface area contributed by atoms with Gasteiger partial charge in [-0.15, -0.1) is 0 Å². The summed E-state index contributed by atoms with van der Waals surface area (Å²) in [6.45, 7) is 0.586. The molecule has 0 aliphatic heterocycles. The minimum atomic E-state index is -0.765. The van der Waals surface area contributed by atoms with Gasteiger partial charge in [0.05, 0.1) is 12.0 Å². The highest BCUT2D eigenvalue weighted by molar-refractivity contribution is 5.92. The maximum absolute atomic E-state index is 10.9. The Morgan fingerprint density at radius 3 is 2.58 bits per heavy atom. The van der Waals surface area contributed by atoms with Gasteiger partial charge in [-0.3, -0.25) is 9.59 Å². The summed E-state index contributed by atoms with van der Waals surface area (Å²) in [5.74, 6) is -0.652. The number of carbonyl (C=O) groups is 2. The van der Waals surface area contributed by atoms with Gasteiger partial charge in [0, 0.05) is 12.7 Å². The normalized spacial score (nSPS) is 16.4. The van der Waals surface area contributed by atoms with E-state index >= 15 is 0 Å². The molecule has 1 aliphatic rings. The number of nitrogens with zero attached hydrogens (tertiary/aromatic N) is 1. The SMILES string of the molecule is NC(=O)c1ccc(NCC2(CC(=O)O)CCC2)nc1. The molecule has 0 radical (unpaired) electrons. The molecule has 0 saturated heterocycles. The van der Waals surface area contributed by atoms with Crippen molar-refractivity contribution >= 4 is 17.7 Å². The second-order valence-electron chi connectivity index (χ2n) is 5.07. The number of carboxylic acid groups (broad SMARTS) is 1. The number of primary amides is 1. The van der Waals surface area contributed by atoms with Gasteiger partial charge in [-0.2, -0.15) is 0 Å². The van der Waals surface area contributed by atoms with Gasteiger partial charge in [-0.1, -0.05) is 6.42 Å². The largest absolute Gasteiger partial charge is 0.481 e. The molecule has 0 spiro atoms. The smallest absolute Gasteiger partial charge is 0.303 e. The Morgan fingerprint density at radius 1 is 1.42 bits per heavy atom. The molecule has 1 aliphatic carbocycles. The highest BCUT2D eigenvalue weighted by Crippen LogP contribution is 2.43. The van der Waals surface area contributed by atoms with Crippen molar-refractivity contribution in [2.75, 3.05) is 11.9 Å². The number of rotatable bonds is 6. The zero-order valence-electron chi connectivity index (χ0n) is 10.6. The Hall–Kier alpha value is -2.11. The van der Waals surface area contributed by atoms with Gasteiger partial charge in [0.2, 0.25) is 5.91 Å². The molecule has 1 saturated carbocycles. The molecular formula is C13H17N3O3. The van der Waals surface area contributed by atoms with Crippen molar-refractivity contribution in [1.82, 2.24) is 4.98 Å². The van der Waals surface area contributed by atoms with Crippen LogP contribution in [0.5, 0.6) is 0 Å². The molecule has 1 heterocycles. The molecule has 0 unspecified atom stereocenters. The summed E-state index contributed by atoms with van der Waals surface area (Å²) in [7, 11) is 0. The number of hydrogen-bond acceptors (Lipinski definition) is 4. The lowest BCUT2D eigenvalue weighted by Gasteiger charge is -2.41. The van der Waals surface area contributed by atoms with E-state index in [1.54, 1.807) is 12.1 Å². The molecule has 0 bridgehead atoms. The summed E-state index contributed by atoms with van der Waals surface area (Å²) < 4.78 is 0. The Labute approximate surface area is 111 Å². The number of amides is 1. The number of aliphatic carboxylic acids is 1. The zero-order valence-corrected chi connectivity index (χ0v) is 10.6. The molecule has 4 N–H and O–H groups in total. The minimum Gasteiger partial charge on any atom is -0.481 e. The van der Waals surface area contributed by atoms with E-state index in [1.165, 1.54) is 6.20 Å². The number of nitrogens with one attached hydrogen (secondary N) is 1. The second kappa shape index (κ2) is 5.26. The summed E-state index contributed by atoms with van der Waals surface area (Å²) in [4.78, 5) is 25.8. The van der Waals surface area contributed by atoms with Crippen molar-refractivity contribution < 1.29 is 14.7 Å². The van der Waals surface area contributed by atoms with Gasteiger partial charge in [0.25, 0.3) is 0 Å². The molecule has 2 rings (SSSR count). The lowest BCUT2D eigenvalue weighted by Crippen LogP contribution is -2.38. The minimum absolute atomic E-state index is 0.157.